The third kappa shape index (κ3) is 3.25. The molecule has 0 amide bonds. The summed E-state index contributed by atoms with van der Waals surface area (Å²) in [5, 5.41) is 15.4. The van der Waals surface area contributed by atoms with Gasteiger partial charge in [-0.1, -0.05) is 17.7 Å². The molecule has 0 aliphatic heterocycles. The maximum Gasteiger partial charge on any atom is 0.170 e. The summed E-state index contributed by atoms with van der Waals surface area (Å²) in [5.41, 5.74) is 0.844. The second-order valence-corrected chi connectivity index (χ2v) is 4.09. The van der Waals surface area contributed by atoms with Crippen molar-refractivity contribution in [1.82, 2.24) is 25.5 Å². The summed E-state index contributed by atoms with van der Waals surface area (Å²) in [4.78, 5) is 0. The Labute approximate surface area is 110 Å². The fraction of sp³-hybridized carbons (Fsp3) is 0.364. The summed E-state index contributed by atoms with van der Waals surface area (Å²) in [7, 11) is 1.66. The van der Waals surface area contributed by atoms with Crippen LogP contribution in [0.5, 0.6) is 0 Å². The van der Waals surface area contributed by atoms with Gasteiger partial charge in [-0.25, -0.2) is 0 Å². The van der Waals surface area contributed by atoms with Gasteiger partial charge in [0.15, 0.2) is 5.82 Å². The average molecular weight is 268 g/mol. The second-order valence-electron chi connectivity index (χ2n) is 3.66. The number of nitrogens with zero attached hydrogens (tertiary/aromatic N) is 4. The molecular formula is C11H14ClN5O. The van der Waals surface area contributed by atoms with E-state index in [1.165, 1.54) is 0 Å². The minimum atomic E-state index is 0.572. The highest BCUT2D eigenvalue weighted by molar-refractivity contribution is 6.30. The maximum atomic E-state index is 5.95. The van der Waals surface area contributed by atoms with E-state index in [1.807, 2.05) is 24.3 Å². The molecule has 18 heavy (non-hydrogen) atoms. The van der Waals surface area contributed by atoms with E-state index < -0.39 is 0 Å². The quantitative estimate of drug-likeness (QED) is 0.793. The molecule has 7 heteroatoms. The van der Waals surface area contributed by atoms with Crippen molar-refractivity contribution in [1.29, 1.82) is 0 Å². The van der Waals surface area contributed by atoms with E-state index in [0.717, 1.165) is 18.1 Å². The number of halogens is 1. The number of ether oxygens (including phenoxy) is 1. The molecule has 0 radical (unpaired) electrons. The van der Waals surface area contributed by atoms with Crippen LogP contribution in [0.25, 0.3) is 5.69 Å². The Balaban J connectivity index is 2.08. The van der Waals surface area contributed by atoms with E-state index in [0.29, 0.717) is 18.2 Å². The topological polar surface area (TPSA) is 64.9 Å². The molecule has 0 spiro atoms. The lowest BCUT2D eigenvalue weighted by atomic mass is 10.3. The van der Waals surface area contributed by atoms with E-state index in [9.17, 15) is 0 Å². The van der Waals surface area contributed by atoms with Crippen molar-refractivity contribution in [3.8, 4) is 5.69 Å². The van der Waals surface area contributed by atoms with Crippen LogP contribution in [0, 0.1) is 0 Å². The Hall–Kier alpha value is -1.50. The summed E-state index contributed by atoms with van der Waals surface area (Å²) in [6.45, 7) is 1.97. The van der Waals surface area contributed by atoms with Crippen LogP contribution >= 0.6 is 11.6 Å². The minimum Gasteiger partial charge on any atom is -0.383 e. The molecule has 6 nitrogen and oxygen atoms in total. The molecule has 0 unspecified atom stereocenters. The van der Waals surface area contributed by atoms with E-state index in [2.05, 4.69) is 20.8 Å². The van der Waals surface area contributed by atoms with Gasteiger partial charge in [0.1, 0.15) is 0 Å². The predicted molar refractivity (Wildman–Crippen MR) is 67.7 cm³/mol. The normalized spacial score (nSPS) is 10.8. The zero-order valence-corrected chi connectivity index (χ0v) is 10.8. The average Bonchev–Trinajstić information content (AvgIpc) is 2.83. The number of hydrogen-bond donors (Lipinski definition) is 1. The summed E-state index contributed by atoms with van der Waals surface area (Å²) >= 11 is 5.95. The first kappa shape index (κ1) is 12.9. The lowest BCUT2D eigenvalue weighted by molar-refractivity contribution is 0.199. The zero-order chi connectivity index (χ0) is 12.8. The summed E-state index contributed by atoms with van der Waals surface area (Å²) in [5.74, 6) is 0.730. The van der Waals surface area contributed by atoms with Gasteiger partial charge in [-0.15, -0.1) is 5.10 Å². The molecule has 1 aromatic heterocycles. The van der Waals surface area contributed by atoms with Crippen molar-refractivity contribution in [2.24, 2.45) is 0 Å². The number of benzene rings is 1. The van der Waals surface area contributed by atoms with Gasteiger partial charge in [-0.3, -0.25) is 0 Å². The number of tetrazole rings is 1. The molecule has 0 saturated heterocycles. The Morgan fingerprint density at radius 2 is 2.33 bits per heavy atom. The molecule has 0 aliphatic rings. The smallest absolute Gasteiger partial charge is 0.170 e. The monoisotopic (exact) mass is 267 g/mol. The van der Waals surface area contributed by atoms with Crippen molar-refractivity contribution >= 4 is 11.6 Å². The van der Waals surface area contributed by atoms with Gasteiger partial charge in [-0.2, -0.15) is 4.68 Å². The molecule has 96 valence electrons. The lowest BCUT2D eigenvalue weighted by Gasteiger charge is -2.06. The molecule has 0 atom stereocenters. The number of aromatic nitrogens is 4. The summed E-state index contributed by atoms with van der Waals surface area (Å²) < 4.78 is 6.61. The number of rotatable bonds is 6. The highest BCUT2D eigenvalue weighted by atomic mass is 35.5. The van der Waals surface area contributed by atoms with E-state index in [4.69, 9.17) is 16.3 Å². The van der Waals surface area contributed by atoms with Crippen molar-refractivity contribution < 1.29 is 4.74 Å². The zero-order valence-electron chi connectivity index (χ0n) is 10.0. The van der Waals surface area contributed by atoms with E-state index in [-0.39, 0.29) is 0 Å². The molecular weight excluding hydrogens is 254 g/mol. The van der Waals surface area contributed by atoms with Gasteiger partial charge in [-0.05, 0) is 28.6 Å². The predicted octanol–water partition coefficient (Wildman–Crippen LogP) is 1.05. The Morgan fingerprint density at radius 3 is 3.11 bits per heavy atom. The van der Waals surface area contributed by atoms with Crippen molar-refractivity contribution in [2.75, 3.05) is 20.3 Å². The summed E-state index contributed by atoms with van der Waals surface area (Å²) in [6, 6.07) is 7.39. The third-order valence-electron chi connectivity index (χ3n) is 2.35. The van der Waals surface area contributed by atoms with Crippen molar-refractivity contribution in [3.05, 3.63) is 35.1 Å². The maximum absolute atomic E-state index is 5.95. The van der Waals surface area contributed by atoms with Gasteiger partial charge in [0, 0.05) is 18.7 Å². The second kappa shape index (κ2) is 6.44. The fourth-order valence-corrected chi connectivity index (χ4v) is 1.68. The highest BCUT2D eigenvalue weighted by Crippen LogP contribution is 2.14. The SMILES string of the molecule is COCCNCc1nnnn1-c1cccc(Cl)c1. The Kier molecular flexibility index (Phi) is 4.63. The van der Waals surface area contributed by atoms with Crippen LogP contribution in [0.2, 0.25) is 5.02 Å². The molecule has 0 bridgehead atoms. The van der Waals surface area contributed by atoms with Gasteiger partial charge in [0.25, 0.3) is 0 Å². The largest absolute Gasteiger partial charge is 0.383 e. The van der Waals surface area contributed by atoms with Crippen LogP contribution in [0.4, 0.5) is 0 Å². The first-order valence-electron chi connectivity index (χ1n) is 5.54. The number of hydrogen-bond acceptors (Lipinski definition) is 5. The molecule has 0 saturated carbocycles. The first-order chi connectivity index (χ1) is 8.81. The van der Waals surface area contributed by atoms with Crippen LogP contribution in [-0.4, -0.2) is 40.5 Å². The summed E-state index contributed by atoms with van der Waals surface area (Å²) in [6.07, 6.45) is 0. The van der Waals surface area contributed by atoms with Gasteiger partial charge in [0.2, 0.25) is 0 Å². The van der Waals surface area contributed by atoms with Gasteiger partial charge < -0.3 is 10.1 Å². The number of nitrogens with one attached hydrogen (secondary N) is 1. The van der Waals surface area contributed by atoms with Gasteiger partial charge >= 0.3 is 0 Å². The highest BCUT2D eigenvalue weighted by Gasteiger charge is 2.07. The van der Waals surface area contributed by atoms with Crippen LogP contribution in [0.15, 0.2) is 24.3 Å². The lowest BCUT2D eigenvalue weighted by Crippen LogP contribution is -2.21. The molecule has 1 N–H and O–H groups in total. The molecule has 1 heterocycles. The standard InChI is InChI=1S/C11H14ClN5O/c1-18-6-5-13-8-11-14-15-16-17(11)10-4-2-3-9(12)7-10/h2-4,7,13H,5-6,8H2,1H3. The van der Waals surface area contributed by atoms with Crippen molar-refractivity contribution in [2.45, 2.75) is 6.54 Å². The fourth-order valence-electron chi connectivity index (χ4n) is 1.50. The van der Waals surface area contributed by atoms with E-state index in [1.54, 1.807) is 11.8 Å². The third-order valence-corrected chi connectivity index (χ3v) is 2.59. The number of methoxy groups -OCH3 is 1. The molecule has 2 aromatic rings. The Bertz CT molecular complexity index is 502. The Morgan fingerprint density at radius 1 is 1.44 bits per heavy atom. The first-order valence-corrected chi connectivity index (χ1v) is 5.92. The van der Waals surface area contributed by atoms with Crippen LogP contribution in [-0.2, 0) is 11.3 Å². The molecule has 0 fully saturated rings. The van der Waals surface area contributed by atoms with Gasteiger partial charge in [0.05, 0.1) is 18.8 Å². The van der Waals surface area contributed by atoms with Crippen LogP contribution < -0.4 is 5.32 Å². The van der Waals surface area contributed by atoms with Crippen LogP contribution in [0.3, 0.4) is 0 Å². The van der Waals surface area contributed by atoms with E-state index >= 15 is 0 Å². The molecule has 1 aromatic carbocycles. The van der Waals surface area contributed by atoms with Crippen LogP contribution in [0.1, 0.15) is 5.82 Å². The molecule has 2 rings (SSSR count). The minimum absolute atomic E-state index is 0.572. The molecule has 0 aliphatic carbocycles. The van der Waals surface area contributed by atoms with Crippen molar-refractivity contribution in [3.63, 3.8) is 0 Å².